The van der Waals surface area contributed by atoms with Crippen LogP contribution >= 0.6 is 23.1 Å². The van der Waals surface area contributed by atoms with E-state index in [0.717, 1.165) is 41.9 Å². The van der Waals surface area contributed by atoms with E-state index in [-0.39, 0.29) is 5.91 Å². The molecule has 10 heteroatoms. The third kappa shape index (κ3) is 4.89. The minimum absolute atomic E-state index is 0.218. The van der Waals surface area contributed by atoms with Crippen LogP contribution in [0.4, 0.5) is 11.5 Å². The summed E-state index contributed by atoms with van der Waals surface area (Å²) in [5.74, 6) is 1.07. The van der Waals surface area contributed by atoms with E-state index >= 15 is 0 Å². The van der Waals surface area contributed by atoms with Crippen molar-refractivity contribution in [3.8, 4) is 5.88 Å². The fourth-order valence-electron chi connectivity index (χ4n) is 2.58. The molecule has 1 aliphatic rings. The molecule has 0 radical (unpaired) electrons. The highest BCUT2D eigenvalue weighted by atomic mass is 32.2. The third-order valence-electron chi connectivity index (χ3n) is 4.19. The fourth-order valence-corrected chi connectivity index (χ4v) is 4.42. The molecule has 0 spiro atoms. The maximum Gasteiger partial charge on any atom is 0.258 e. The monoisotopic (exact) mass is 408 g/mol. The molecule has 1 fully saturated rings. The Labute approximate surface area is 167 Å². The summed E-state index contributed by atoms with van der Waals surface area (Å²) in [7, 11) is 3.72. The number of hydrogen-bond acceptors (Lipinski definition) is 9. The number of nitrogens with zero attached hydrogens (tertiary/aromatic N) is 4. The van der Waals surface area contributed by atoms with Crippen molar-refractivity contribution in [2.75, 3.05) is 50.6 Å². The summed E-state index contributed by atoms with van der Waals surface area (Å²) in [6.45, 7) is 5.42. The molecular weight excluding hydrogens is 384 g/mol. The summed E-state index contributed by atoms with van der Waals surface area (Å²) in [5, 5.41) is 5.47. The predicted octanol–water partition coefficient (Wildman–Crippen LogP) is 1.74. The van der Waals surface area contributed by atoms with E-state index in [2.05, 4.69) is 32.1 Å². The number of piperazine rings is 1. The summed E-state index contributed by atoms with van der Waals surface area (Å²) in [6.07, 6.45) is 1.75. The van der Waals surface area contributed by atoms with Crippen molar-refractivity contribution < 1.29 is 9.53 Å². The normalized spacial score (nSPS) is 16.2. The molecule has 3 rings (SSSR count). The van der Waals surface area contributed by atoms with Crippen molar-refractivity contribution in [1.29, 1.82) is 0 Å². The average molecular weight is 409 g/mol. The van der Waals surface area contributed by atoms with Crippen molar-refractivity contribution in [2.24, 2.45) is 5.73 Å². The zero-order valence-electron chi connectivity index (χ0n) is 15.6. The van der Waals surface area contributed by atoms with Crippen LogP contribution in [0.3, 0.4) is 0 Å². The lowest BCUT2D eigenvalue weighted by Gasteiger charge is -2.33. The van der Waals surface area contributed by atoms with Crippen molar-refractivity contribution in [1.82, 2.24) is 14.9 Å². The molecular formula is C17H24N6O2S2. The molecule has 0 bridgehead atoms. The number of methoxy groups -OCH3 is 1. The first kappa shape index (κ1) is 19.9. The van der Waals surface area contributed by atoms with E-state index in [1.165, 1.54) is 23.1 Å². The molecule has 3 N–H and O–H groups in total. The Morgan fingerprint density at radius 2 is 2.15 bits per heavy atom. The van der Waals surface area contributed by atoms with Gasteiger partial charge in [-0.25, -0.2) is 9.97 Å². The predicted molar refractivity (Wildman–Crippen MR) is 109 cm³/mol. The topological polar surface area (TPSA) is 96.6 Å². The summed E-state index contributed by atoms with van der Waals surface area (Å²) in [5.41, 5.74) is 6.36. The van der Waals surface area contributed by atoms with Gasteiger partial charge in [0.1, 0.15) is 5.03 Å². The van der Waals surface area contributed by atoms with Gasteiger partial charge in [0.2, 0.25) is 5.91 Å². The first-order chi connectivity index (χ1) is 13.0. The second kappa shape index (κ2) is 8.87. The minimum atomic E-state index is -0.564. The van der Waals surface area contributed by atoms with E-state index in [9.17, 15) is 4.79 Å². The molecule has 2 aromatic rings. The number of nitrogens with one attached hydrogen (secondary N) is 1. The number of rotatable bonds is 6. The molecule has 1 saturated heterocycles. The molecule has 0 aliphatic carbocycles. The Hall–Kier alpha value is -1.88. The maximum atomic E-state index is 11.9. The van der Waals surface area contributed by atoms with Crippen LogP contribution in [0.25, 0.3) is 0 Å². The van der Waals surface area contributed by atoms with Crippen LogP contribution in [0, 0.1) is 0 Å². The van der Waals surface area contributed by atoms with E-state index in [1.54, 1.807) is 20.2 Å². The third-order valence-corrected chi connectivity index (χ3v) is 6.25. The fraction of sp³-hybridized carbons (Fsp3) is 0.471. The number of anilines is 2. The molecule has 0 aromatic carbocycles. The number of carbonyl (C=O) groups is 1. The SMILES string of the molecule is COc1nc(Sc2sccc2NC(=O)C(C)N)cnc1N1CCN(C)CC1. The van der Waals surface area contributed by atoms with Crippen molar-refractivity contribution in [3.05, 3.63) is 17.6 Å². The molecule has 1 aliphatic heterocycles. The van der Waals surface area contributed by atoms with Gasteiger partial charge in [0, 0.05) is 26.2 Å². The molecule has 146 valence electrons. The first-order valence-corrected chi connectivity index (χ1v) is 10.3. The second-order valence-electron chi connectivity index (χ2n) is 6.33. The average Bonchev–Trinajstić information content (AvgIpc) is 3.09. The van der Waals surface area contributed by atoms with Gasteiger partial charge in [0.25, 0.3) is 5.88 Å². The Bertz CT molecular complexity index is 789. The zero-order chi connectivity index (χ0) is 19.4. The summed E-state index contributed by atoms with van der Waals surface area (Å²) in [4.78, 5) is 25.5. The van der Waals surface area contributed by atoms with Gasteiger partial charge in [-0.1, -0.05) is 11.8 Å². The van der Waals surface area contributed by atoms with E-state index in [1.807, 2.05) is 11.4 Å². The second-order valence-corrected chi connectivity index (χ2v) is 8.54. The lowest BCUT2D eigenvalue weighted by atomic mass is 10.3. The van der Waals surface area contributed by atoms with E-state index < -0.39 is 6.04 Å². The van der Waals surface area contributed by atoms with Gasteiger partial charge in [0.05, 0.1) is 29.2 Å². The van der Waals surface area contributed by atoms with Crippen LogP contribution in [-0.4, -0.2) is 67.2 Å². The molecule has 27 heavy (non-hydrogen) atoms. The van der Waals surface area contributed by atoms with Gasteiger partial charge >= 0.3 is 0 Å². The summed E-state index contributed by atoms with van der Waals surface area (Å²) in [6, 6.07) is 1.29. The largest absolute Gasteiger partial charge is 0.478 e. The lowest BCUT2D eigenvalue weighted by molar-refractivity contribution is -0.117. The quantitative estimate of drug-likeness (QED) is 0.746. The van der Waals surface area contributed by atoms with Crippen LogP contribution in [0.15, 0.2) is 26.9 Å². The lowest BCUT2D eigenvalue weighted by Crippen LogP contribution is -2.45. The highest BCUT2D eigenvalue weighted by molar-refractivity contribution is 8.01. The first-order valence-electron chi connectivity index (χ1n) is 8.64. The van der Waals surface area contributed by atoms with Gasteiger partial charge in [-0.3, -0.25) is 4.79 Å². The van der Waals surface area contributed by atoms with Crippen LogP contribution in [-0.2, 0) is 4.79 Å². The highest BCUT2D eigenvalue weighted by Crippen LogP contribution is 2.38. The number of ether oxygens (including phenoxy) is 1. The smallest absolute Gasteiger partial charge is 0.258 e. The molecule has 0 saturated carbocycles. The number of carbonyl (C=O) groups excluding carboxylic acids is 1. The van der Waals surface area contributed by atoms with Crippen molar-refractivity contribution >= 4 is 40.5 Å². The number of hydrogen-bond donors (Lipinski definition) is 2. The molecule has 1 amide bonds. The number of aromatic nitrogens is 2. The van der Waals surface area contributed by atoms with Crippen LogP contribution in [0.5, 0.6) is 5.88 Å². The number of amides is 1. The maximum absolute atomic E-state index is 11.9. The molecule has 2 aromatic heterocycles. The van der Waals surface area contributed by atoms with E-state index in [4.69, 9.17) is 10.5 Å². The summed E-state index contributed by atoms with van der Waals surface area (Å²) < 4.78 is 6.41. The molecule has 3 heterocycles. The molecule has 8 nitrogen and oxygen atoms in total. The number of likely N-dealkylation sites (N-methyl/N-ethyl adjacent to an activating group) is 1. The Morgan fingerprint density at radius 3 is 2.81 bits per heavy atom. The van der Waals surface area contributed by atoms with Crippen LogP contribution in [0.2, 0.25) is 0 Å². The molecule has 1 atom stereocenters. The zero-order valence-corrected chi connectivity index (χ0v) is 17.3. The van der Waals surface area contributed by atoms with Gasteiger partial charge in [0.15, 0.2) is 5.82 Å². The van der Waals surface area contributed by atoms with Crippen molar-refractivity contribution in [3.63, 3.8) is 0 Å². The number of thiophene rings is 1. The van der Waals surface area contributed by atoms with E-state index in [0.29, 0.717) is 10.9 Å². The van der Waals surface area contributed by atoms with Gasteiger partial charge in [-0.15, -0.1) is 11.3 Å². The van der Waals surface area contributed by atoms with Crippen molar-refractivity contribution in [2.45, 2.75) is 22.2 Å². The van der Waals surface area contributed by atoms with Crippen LogP contribution < -0.4 is 20.7 Å². The van der Waals surface area contributed by atoms with Gasteiger partial charge in [-0.05, 0) is 25.4 Å². The van der Waals surface area contributed by atoms with Gasteiger partial charge in [-0.2, -0.15) is 0 Å². The Morgan fingerprint density at radius 1 is 1.41 bits per heavy atom. The van der Waals surface area contributed by atoms with Gasteiger partial charge < -0.3 is 25.6 Å². The standard InChI is InChI=1S/C17H24N6O2S2/c1-11(18)15(24)20-12-4-9-26-17(12)27-13-10-19-14(16(21-13)25-3)23-7-5-22(2)6-8-23/h4,9-11H,5-8,18H2,1-3H3,(H,20,24). The number of nitrogens with two attached hydrogens (primary N) is 1. The Balaban J connectivity index is 1.75. The highest BCUT2D eigenvalue weighted by Gasteiger charge is 2.21. The molecule has 1 unspecified atom stereocenters. The minimum Gasteiger partial charge on any atom is -0.478 e. The van der Waals surface area contributed by atoms with Crippen LogP contribution in [0.1, 0.15) is 6.92 Å². The Kier molecular flexibility index (Phi) is 6.53. The summed E-state index contributed by atoms with van der Waals surface area (Å²) >= 11 is 2.97.